The van der Waals surface area contributed by atoms with Crippen molar-refractivity contribution < 1.29 is 36.7 Å². The Bertz CT molecular complexity index is 1660. The number of oxazole rings is 1. The molecule has 3 aromatic rings. The molecule has 4 atom stereocenters. The molecule has 1 aromatic heterocycles. The number of Topliss-reactive ketones (excluding diaryl/α,β-unsaturated/α-hetero) is 1. The number of para-hydroxylation sites is 2. The van der Waals surface area contributed by atoms with Crippen LogP contribution >= 0.6 is 11.6 Å². The molecule has 3 N–H and O–H groups in total. The van der Waals surface area contributed by atoms with Gasteiger partial charge in [-0.2, -0.15) is 0 Å². The normalized spacial score (nSPS) is 19.9. The van der Waals surface area contributed by atoms with Crippen molar-refractivity contribution in [1.29, 1.82) is 0 Å². The fraction of sp³-hybridized carbons (Fsp3) is 0.529. The van der Waals surface area contributed by atoms with Crippen molar-refractivity contribution in [1.82, 2.24) is 25.2 Å². The molecule has 49 heavy (non-hydrogen) atoms. The highest BCUT2D eigenvalue weighted by atomic mass is 35.5. The summed E-state index contributed by atoms with van der Waals surface area (Å²) in [6, 6.07) is 10.9. The molecule has 0 aliphatic carbocycles. The van der Waals surface area contributed by atoms with Crippen LogP contribution in [0.15, 0.2) is 52.9 Å². The summed E-state index contributed by atoms with van der Waals surface area (Å²) in [5.41, 5.74) is 1.80. The first-order chi connectivity index (χ1) is 23.5. The fourth-order valence-corrected chi connectivity index (χ4v) is 7.23. The molecular formula is C34H44ClN5O8S. The van der Waals surface area contributed by atoms with E-state index in [2.05, 4.69) is 20.3 Å². The maximum Gasteiger partial charge on any atom is 0.266 e. The molecule has 2 aliphatic heterocycles. The molecule has 2 aliphatic rings. The van der Waals surface area contributed by atoms with Gasteiger partial charge in [-0.1, -0.05) is 35.9 Å². The summed E-state index contributed by atoms with van der Waals surface area (Å²) in [6.45, 7) is 2.17. The van der Waals surface area contributed by atoms with Gasteiger partial charge in [0.15, 0.2) is 5.58 Å². The van der Waals surface area contributed by atoms with Gasteiger partial charge >= 0.3 is 0 Å². The van der Waals surface area contributed by atoms with Crippen LogP contribution in [0.2, 0.25) is 5.02 Å². The third kappa shape index (κ3) is 10.3. The number of ketones is 1. The number of halogens is 1. The van der Waals surface area contributed by atoms with Crippen molar-refractivity contribution in [3.05, 3.63) is 65.0 Å². The smallest absolute Gasteiger partial charge is 0.266 e. The maximum absolute atomic E-state index is 14.2. The predicted octanol–water partition coefficient (Wildman–Crippen LogP) is 3.07. The van der Waals surface area contributed by atoms with Gasteiger partial charge in [0.05, 0.1) is 25.0 Å². The summed E-state index contributed by atoms with van der Waals surface area (Å²) in [6.07, 6.45) is 3.55. The van der Waals surface area contributed by atoms with Crippen molar-refractivity contribution >= 4 is 50.3 Å². The Morgan fingerprint density at radius 1 is 1.08 bits per heavy atom. The Kier molecular flexibility index (Phi) is 12.8. The van der Waals surface area contributed by atoms with Crippen molar-refractivity contribution in [3.63, 3.8) is 0 Å². The zero-order chi connectivity index (χ0) is 35.0. The number of piperidine rings is 1. The first-order valence-corrected chi connectivity index (χ1v) is 18.8. The van der Waals surface area contributed by atoms with Gasteiger partial charge in [0.1, 0.15) is 17.6 Å². The van der Waals surface area contributed by atoms with E-state index in [4.69, 9.17) is 25.5 Å². The number of aromatic nitrogens is 1. The number of sulfonamides is 1. The van der Waals surface area contributed by atoms with E-state index >= 15 is 0 Å². The summed E-state index contributed by atoms with van der Waals surface area (Å²) < 4.78 is 44.5. The fourth-order valence-electron chi connectivity index (χ4n) is 6.37. The standard InChI is InChI=1S/C34H44ClN5O8S/c1-46-18-15-27(31(41)33-38-26-5-3-4-6-30(26)48-33)37-32(42)29-19-25(47-21-23-7-10-24(35)11-8-23)20-40(29)34(43)28(39-49(2,44)45)12-9-22-13-16-36-17-14-22/h3-8,10-11,22,25,27-29,36,39H,9,12-21H2,1-2H3,(H,37,42)/t25-,27+,28-,29?/m1/s1. The van der Waals surface area contributed by atoms with Gasteiger partial charge in [0, 0.05) is 31.7 Å². The van der Waals surface area contributed by atoms with E-state index in [1.807, 2.05) is 12.1 Å². The number of methoxy groups -OCH3 is 1. The lowest BCUT2D eigenvalue weighted by Gasteiger charge is -2.30. The van der Waals surface area contributed by atoms with Crippen LogP contribution in [0.1, 0.15) is 54.8 Å². The van der Waals surface area contributed by atoms with Crippen LogP contribution in [0.25, 0.3) is 11.1 Å². The monoisotopic (exact) mass is 717 g/mol. The zero-order valence-corrected chi connectivity index (χ0v) is 29.3. The van der Waals surface area contributed by atoms with Gasteiger partial charge in [0.25, 0.3) is 5.89 Å². The molecule has 15 heteroatoms. The van der Waals surface area contributed by atoms with Crippen LogP contribution in [-0.4, -0.2) is 99.7 Å². The van der Waals surface area contributed by atoms with Gasteiger partial charge in [-0.3, -0.25) is 14.4 Å². The molecule has 3 heterocycles. The van der Waals surface area contributed by atoms with Gasteiger partial charge in [0.2, 0.25) is 27.6 Å². The number of ether oxygens (including phenoxy) is 2. The van der Waals surface area contributed by atoms with Crippen LogP contribution < -0.4 is 15.4 Å². The number of fused-ring (bicyclic) bond motifs is 1. The van der Waals surface area contributed by atoms with Crippen LogP contribution in [0.4, 0.5) is 0 Å². The molecule has 2 amide bonds. The van der Waals surface area contributed by atoms with E-state index in [0.29, 0.717) is 28.5 Å². The Morgan fingerprint density at radius 3 is 2.51 bits per heavy atom. The molecule has 2 saturated heterocycles. The Hall–Kier alpha value is -3.40. The minimum atomic E-state index is -3.76. The first-order valence-electron chi connectivity index (χ1n) is 16.5. The molecule has 0 radical (unpaired) electrons. The Labute approximate surface area is 291 Å². The summed E-state index contributed by atoms with van der Waals surface area (Å²) >= 11 is 6.03. The number of benzene rings is 2. The topological polar surface area (TPSA) is 169 Å². The van der Waals surface area contributed by atoms with Crippen LogP contribution in [0.5, 0.6) is 0 Å². The molecule has 2 fully saturated rings. The average Bonchev–Trinajstić information content (AvgIpc) is 3.72. The highest BCUT2D eigenvalue weighted by Crippen LogP contribution is 2.26. The Morgan fingerprint density at radius 2 is 1.82 bits per heavy atom. The van der Waals surface area contributed by atoms with E-state index in [1.54, 1.807) is 36.4 Å². The number of rotatable bonds is 16. The van der Waals surface area contributed by atoms with E-state index < -0.39 is 51.9 Å². The van der Waals surface area contributed by atoms with Gasteiger partial charge < -0.3 is 29.4 Å². The van der Waals surface area contributed by atoms with Gasteiger partial charge in [-0.05, 0) is 80.9 Å². The third-order valence-electron chi connectivity index (χ3n) is 8.97. The molecule has 2 aromatic carbocycles. The first kappa shape index (κ1) is 36.9. The minimum absolute atomic E-state index is 0.0572. The van der Waals surface area contributed by atoms with E-state index in [1.165, 1.54) is 12.0 Å². The second-order valence-electron chi connectivity index (χ2n) is 12.7. The van der Waals surface area contributed by atoms with Crippen molar-refractivity contribution in [2.45, 2.75) is 69.4 Å². The summed E-state index contributed by atoms with van der Waals surface area (Å²) in [4.78, 5) is 47.5. The number of hydrogen-bond donors (Lipinski definition) is 3. The molecular weight excluding hydrogens is 674 g/mol. The second-order valence-corrected chi connectivity index (χ2v) is 14.9. The summed E-state index contributed by atoms with van der Waals surface area (Å²) in [5, 5.41) is 6.72. The zero-order valence-electron chi connectivity index (χ0n) is 27.7. The van der Waals surface area contributed by atoms with E-state index in [-0.39, 0.29) is 44.9 Å². The number of hydrogen-bond acceptors (Lipinski definition) is 10. The summed E-state index contributed by atoms with van der Waals surface area (Å²) in [7, 11) is -2.27. The maximum atomic E-state index is 14.2. The molecule has 0 saturated carbocycles. The van der Waals surface area contributed by atoms with Crippen molar-refractivity contribution in [3.8, 4) is 0 Å². The number of nitrogens with zero attached hydrogens (tertiary/aromatic N) is 2. The van der Waals surface area contributed by atoms with Crippen molar-refractivity contribution in [2.75, 3.05) is 39.6 Å². The molecule has 13 nitrogen and oxygen atoms in total. The third-order valence-corrected chi connectivity index (χ3v) is 9.94. The lowest BCUT2D eigenvalue weighted by molar-refractivity contribution is -0.140. The number of nitrogens with one attached hydrogen (secondary N) is 3. The predicted molar refractivity (Wildman–Crippen MR) is 184 cm³/mol. The van der Waals surface area contributed by atoms with Crippen LogP contribution in [0.3, 0.4) is 0 Å². The second kappa shape index (κ2) is 17.0. The summed E-state index contributed by atoms with van der Waals surface area (Å²) in [5.74, 6) is -1.43. The minimum Gasteiger partial charge on any atom is -0.434 e. The lowest BCUT2D eigenvalue weighted by atomic mass is 9.91. The number of carbonyl (C=O) groups excluding carboxylic acids is 3. The lowest BCUT2D eigenvalue weighted by Crippen LogP contribution is -2.55. The molecule has 0 spiro atoms. The number of likely N-dealkylation sites (tertiary alicyclic amines) is 1. The average molecular weight is 718 g/mol. The largest absolute Gasteiger partial charge is 0.434 e. The van der Waals surface area contributed by atoms with E-state index in [0.717, 1.165) is 37.8 Å². The Balaban J connectivity index is 1.36. The quantitative estimate of drug-likeness (QED) is 0.187. The van der Waals surface area contributed by atoms with Crippen molar-refractivity contribution in [2.24, 2.45) is 5.92 Å². The van der Waals surface area contributed by atoms with Gasteiger partial charge in [-0.25, -0.2) is 18.1 Å². The molecule has 5 rings (SSSR count). The van der Waals surface area contributed by atoms with Gasteiger partial charge in [-0.15, -0.1) is 0 Å². The highest BCUT2D eigenvalue weighted by Gasteiger charge is 2.44. The van der Waals surface area contributed by atoms with E-state index in [9.17, 15) is 22.8 Å². The van der Waals surface area contributed by atoms with Crippen LogP contribution in [0, 0.1) is 5.92 Å². The molecule has 266 valence electrons. The van der Waals surface area contributed by atoms with Crippen LogP contribution in [-0.2, 0) is 35.7 Å². The number of amides is 2. The SMILES string of the molecule is COCC[C@H](NC(=O)C1C[C@@H](OCc2ccc(Cl)cc2)CN1C(=O)[C@@H](CCC1CCNCC1)NS(C)(=O)=O)C(=O)c1nc2ccccc2o1. The number of carbonyl (C=O) groups is 3. The molecule has 0 bridgehead atoms. The molecule has 1 unspecified atom stereocenters. The highest BCUT2D eigenvalue weighted by molar-refractivity contribution is 7.88.